The number of benzene rings is 1. The fourth-order valence-electron chi connectivity index (χ4n) is 1.97. The Morgan fingerprint density at radius 2 is 1.94 bits per heavy atom. The minimum Gasteiger partial charge on any atom is -0.508 e. The second-order valence-corrected chi connectivity index (χ2v) is 4.58. The number of aliphatic hydroxyl groups excluding tert-OH is 1. The Kier molecular flexibility index (Phi) is 4.90. The van der Waals surface area contributed by atoms with Gasteiger partial charge < -0.3 is 15.5 Å². The van der Waals surface area contributed by atoms with E-state index in [9.17, 15) is 14.6 Å². The molecule has 0 aromatic heterocycles. The van der Waals surface area contributed by atoms with Crippen molar-refractivity contribution in [1.29, 1.82) is 0 Å². The topological polar surface area (TPSA) is 52.5 Å². The SMILES string of the molecule is CC(O)CC(C)NC(C)c1cc(F)ccc1O. The lowest BCUT2D eigenvalue weighted by atomic mass is 10.0. The van der Waals surface area contributed by atoms with Crippen LogP contribution in [0, 0.1) is 5.82 Å². The Balaban J connectivity index is 2.69. The molecule has 1 aromatic carbocycles. The molecule has 3 atom stereocenters. The molecule has 0 aliphatic carbocycles. The highest BCUT2D eigenvalue weighted by molar-refractivity contribution is 5.34. The van der Waals surface area contributed by atoms with Crippen molar-refractivity contribution in [3.05, 3.63) is 29.6 Å². The Labute approximate surface area is 101 Å². The molecule has 0 bridgehead atoms. The number of hydrogen-bond donors (Lipinski definition) is 3. The highest BCUT2D eigenvalue weighted by atomic mass is 19.1. The van der Waals surface area contributed by atoms with Crippen molar-refractivity contribution in [2.24, 2.45) is 0 Å². The van der Waals surface area contributed by atoms with Crippen LogP contribution < -0.4 is 5.32 Å². The number of halogens is 1. The predicted octanol–water partition coefficient (Wildman–Crippen LogP) is 2.34. The molecular weight excluding hydrogens is 221 g/mol. The molecule has 17 heavy (non-hydrogen) atoms. The van der Waals surface area contributed by atoms with Crippen molar-refractivity contribution in [3.8, 4) is 5.75 Å². The van der Waals surface area contributed by atoms with Gasteiger partial charge in [-0.1, -0.05) is 0 Å². The number of hydrogen-bond acceptors (Lipinski definition) is 3. The van der Waals surface area contributed by atoms with Gasteiger partial charge in [-0.2, -0.15) is 0 Å². The second kappa shape index (κ2) is 5.98. The van der Waals surface area contributed by atoms with Gasteiger partial charge in [0.2, 0.25) is 0 Å². The molecule has 0 spiro atoms. The molecule has 1 rings (SSSR count). The second-order valence-electron chi connectivity index (χ2n) is 4.58. The third-order valence-electron chi connectivity index (χ3n) is 2.69. The van der Waals surface area contributed by atoms with E-state index in [0.717, 1.165) is 0 Å². The molecule has 0 saturated heterocycles. The van der Waals surface area contributed by atoms with Crippen molar-refractivity contribution in [3.63, 3.8) is 0 Å². The number of nitrogens with one attached hydrogen (secondary N) is 1. The van der Waals surface area contributed by atoms with Crippen LogP contribution in [0.5, 0.6) is 5.75 Å². The van der Waals surface area contributed by atoms with Crippen molar-refractivity contribution in [2.75, 3.05) is 0 Å². The fraction of sp³-hybridized carbons (Fsp3) is 0.538. The zero-order valence-corrected chi connectivity index (χ0v) is 10.4. The van der Waals surface area contributed by atoms with Gasteiger partial charge in [-0.05, 0) is 45.4 Å². The third-order valence-corrected chi connectivity index (χ3v) is 2.69. The van der Waals surface area contributed by atoms with Crippen LogP contribution in [0.1, 0.15) is 38.8 Å². The molecule has 3 N–H and O–H groups in total. The number of phenols is 1. The van der Waals surface area contributed by atoms with Crippen LogP contribution in [0.25, 0.3) is 0 Å². The first-order valence-corrected chi connectivity index (χ1v) is 5.82. The first-order chi connectivity index (χ1) is 7.90. The Bertz CT molecular complexity index is 368. The smallest absolute Gasteiger partial charge is 0.123 e. The molecular formula is C13H20FNO2. The molecule has 0 heterocycles. The standard InChI is InChI=1S/C13H20FNO2/c1-8(6-9(2)16)15-10(3)12-7-11(14)4-5-13(12)17/h4-5,7-10,15-17H,6H2,1-3H3. The minimum absolute atomic E-state index is 0.0793. The van der Waals surface area contributed by atoms with E-state index in [-0.39, 0.29) is 29.8 Å². The Morgan fingerprint density at radius 3 is 2.53 bits per heavy atom. The fourth-order valence-corrected chi connectivity index (χ4v) is 1.97. The molecule has 0 aliphatic heterocycles. The van der Waals surface area contributed by atoms with Crippen molar-refractivity contribution >= 4 is 0 Å². The molecule has 96 valence electrons. The van der Waals surface area contributed by atoms with Gasteiger partial charge >= 0.3 is 0 Å². The maximum absolute atomic E-state index is 13.1. The van der Waals surface area contributed by atoms with Crippen molar-refractivity contribution < 1.29 is 14.6 Å². The average molecular weight is 241 g/mol. The quantitative estimate of drug-likeness (QED) is 0.741. The molecule has 0 saturated carbocycles. The van der Waals surface area contributed by atoms with Crippen LogP contribution in [0.15, 0.2) is 18.2 Å². The monoisotopic (exact) mass is 241 g/mol. The molecule has 0 aliphatic rings. The van der Waals surface area contributed by atoms with E-state index in [4.69, 9.17) is 0 Å². The summed E-state index contributed by atoms with van der Waals surface area (Å²) in [6.45, 7) is 5.52. The molecule has 0 fully saturated rings. The van der Waals surface area contributed by atoms with Crippen LogP contribution >= 0.6 is 0 Å². The Hall–Kier alpha value is -1.13. The molecule has 3 unspecified atom stereocenters. The van der Waals surface area contributed by atoms with E-state index in [0.29, 0.717) is 12.0 Å². The number of rotatable bonds is 5. The molecule has 4 heteroatoms. The van der Waals surface area contributed by atoms with Crippen molar-refractivity contribution in [2.45, 2.75) is 45.4 Å². The van der Waals surface area contributed by atoms with E-state index in [1.165, 1.54) is 18.2 Å². The van der Waals surface area contributed by atoms with E-state index < -0.39 is 0 Å². The van der Waals surface area contributed by atoms with E-state index in [2.05, 4.69) is 5.32 Å². The maximum Gasteiger partial charge on any atom is 0.123 e. The number of phenolic OH excluding ortho intramolecular Hbond substituents is 1. The molecule has 0 amide bonds. The molecule has 1 aromatic rings. The third kappa shape index (κ3) is 4.32. The highest BCUT2D eigenvalue weighted by Gasteiger charge is 2.14. The van der Waals surface area contributed by atoms with Gasteiger partial charge in [0.05, 0.1) is 6.10 Å². The average Bonchev–Trinajstić information content (AvgIpc) is 2.20. The first-order valence-electron chi connectivity index (χ1n) is 5.82. The van der Waals surface area contributed by atoms with Crippen LogP contribution in [0.2, 0.25) is 0 Å². The predicted molar refractivity (Wildman–Crippen MR) is 65.4 cm³/mol. The summed E-state index contributed by atoms with van der Waals surface area (Å²) in [5.41, 5.74) is 0.530. The first kappa shape index (κ1) is 13.9. The van der Waals surface area contributed by atoms with Gasteiger partial charge in [0.15, 0.2) is 0 Å². The number of aliphatic hydroxyl groups is 1. The van der Waals surface area contributed by atoms with E-state index >= 15 is 0 Å². The lowest BCUT2D eigenvalue weighted by molar-refractivity contribution is 0.168. The summed E-state index contributed by atoms with van der Waals surface area (Å²) < 4.78 is 13.1. The van der Waals surface area contributed by atoms with Gasteiger partial charge in [-0.25, -0.2) is 4.39 Å². The summed E-state index contributed by atoms with van der Waals surface area (Å²) in [7, 11) is 0. The van der Waals surface area contributed by atoms with Crippen LogP contribution in [-0.4, -0.2) is 22.4 Å². The summed E-state index contributed by atoms with van der Waals surface area (Å²) in [6.07, 6.45) is 0.228. The van der Waals surface area contributed by atoms with Crippen LogP contribution in [-0.2, 0) is 0 Å². The van der Waals surface area contributed by atoms with Crippen molar-refractivity contribution in [1.82, 2.24) is 5.32 Å². The lowest BCUT2D eigenvalue weighted by Crippen LogP contribution is -2.31. The summed E-state index contributed by atoms with van der Waals surface area (Å²) >= 11 is 0. The molecule has 3 nitrogen and oxygen atoms in total. The van der Waals surface area contributed by atoms with E-state index in [1.807, 2.05) is 13.8 Å². The van der Waals surface area contributed by atoms with Gasteiger partial charge in [0.1, 0.15) is 11.6 Å². The summed E-state index contributed by atoms with van der Waals surface area (Å²) in [6, 6.07) is 3.82. The zero-order valence-electron chi connectivity index (χ0n) is 10.4. The highest BCUT2D eigenvalue weighted by Crippen LogP contribution is 2.25. The lowest BCUT2D eigenvalue weighted by Gasteiger charge is -2.22. The van der Waals surface area contributed by atoms with Gasteiger partial charge in [0.25, 0.3) is 0 Å². The van der Waals surface area contributed by atoms with E-state index in [1.54, 1.807) is 6.92 Å². The molecule has 0 radical (unpaired) electrons. The normalized spacial score (nSPS) is 16.5. The van der Waals surface area contributed by atoms with Gasteiger partial charge in [0, 0.05) is 17.6 Å². The summed E-state index contributed by atoms with van der Waals surface area (Å²) in [4.78, 5) is 0. The van der Waals surface area contributed by atoms with Crippen LogP contribution in [0.4, 0.5) is 4.39 Å². The van der Waals surface area contributed by atoms with Crippen LogP contribution in [0.3, 0.4) is 0 Å². The number of aromatic hydroxyl groups is 1. The van der Waals surface area contributed by atoms with Gasteiger partial charge in [-0.3, -0.25) is 0 Å². The zero-order chi connectivity index (χ0) is 13.0. The summed E-state index contributed by atoms with van der Waals surface area (Å²) in [5.74, 6) is -0.287. The maximum atomic E-state index is 13.1. The summed E-state index contributed by atoms with van der Waals surface area (Å²) in [5, 5.41) is 22.1. The Morgan fingerprint density at radius 1 is 1.29 bits per heavy atom. The largest absolute Gasteiger partial charge is 0.508 e. The minimum atomic E-state index is -0.384. The van der Waals surface area contributed by atoms with Gasteiger partial charge in [-0.15, -0.1) is 0 Å².